The highest BCUT2D eigenvalue weighted by Crippen LogP contribution is 2.20. The number of aromatic nitrogens is 2. The first kappa shape index (κ1) is 11.4. The summed E-state index contributed by atoms with van der Waals surface area (Å²) in [6.45, 7) is 5.06. The Hall–Kier alpha value is -2.13. The third-order valence-electron chi connectivity index (χ3n) is 2.81. The van der Waals surface area contributed by atoms with Crippen LogP contribution in [0.1, 0.15) is 13.8 Å². The lowest BCUT2D eigenvalue weighted by atomic mass is 10.2. The van der Waals surface area contributed by atoms with Gasteiger partial charge in [-0.25, -0.2) is 9.59 Å². The Kier molecular flexibility index (Phi) is 2.93. The van der Waals surface area contributed by atoms with E-state index in [9.17, 15) is 9.59 Å². The van der Waals surface area contributed by atoms with E-state index in [-0.39, 0.29) is 5.69 Å². The molecule has 2 rings (SSSR count). The molecular formula is C12H13N3O2. The monoisotopic (exact) mass is 231 g/mol. The van der Waals surface area contributed by atoms with Gasteiger partial charge in [-0.15, -0.1) is 0 Å². The lowest BCUT2D eigenvalue weighted by Crippen LogP contribution is -2.22. The molecule has 1 aromatic carbocycles. The van der Waals surface area contributed by atoms with Crippen molar-refractivity contribution in [3.8, 4) is 0 Å². The molecule has 0 N–H and O–H groups in total. The number of fused-ring (bicyclic) bond motifs is 1. The maximum Gasteiger partial charge on any atom is 0.329 e. The van der Waals surface area contributed by atoms with Gasteiger partial charge in [0, 0.05) is 13.1 Å². The number of hydrogen-bond acceptors (Lipinski definition) is 3. The SMILES string of the molecule is CCn1c(=O)n(CC)c2cc(N=C=O)ccc21. The summed E-state index contributed by atoms with van der Waals surface area (Å²) in [6, 6.07) is 5.25. The first-order valence-electron chi connectivity index (χ1n) is 5.53. The van der Waals surface area contributed by atoms with E-state index in [1.165, 1.54) is 6.08 Å². The number of rotatable bonds is 3. The third-order valence-corrected chi connectivity index (χ3v) is 2.81. The van der Waals surface area contributed by atoms with E-state index < -0.39 is 0 Å². The van der Waals surface area contributed by atoms with Gasteiger partial charge in [0.15, 0.2) is 0 Å². The molecule has 5 heteroatoms. The molecule has 1 aromatic heterocycles. The molecule has 0 amide bonds. The molecule has 17 heavy (non-hydrogen) atoms. The van der Waals surface area contributed by atoms with Crippen molar-refractivity contribution < 1.29 is 4.79 Å². The second-order valence-electron chi connectivity index (χ2n) is 3.65. The van der Waals surface area contributed by atoms with Crippen LogP contribution in [0.25, 0.3) is 11.0 Å². The standard InChI is InChI=1S/C12H13N3O2/c1-3-14-10-6-5-9(13-8-16)7-11(10)15(4-2)12(14)17/h5-7H,3-4H2,1-2H3. The van der Waals surface area contributed by atoms with E-state index in [1.54, 1.807) is 21.3 Å². The van der Waals surface area contributed by atoms with Crippen molar-refractivity contribution in [2.45, 2.75) is 26.9 Å². The maximum atomic E-state index is 12.0. The van der Waals surface area contributed by atoms with Crippen molar-refractivity contribution in [3.05, 3.63) is 28.7 Å². The average Bonchev–Trinajstić information content (AvgIpc) is 2.60. The van der Waals surface area contributed by atoms with E-state index in [0.717, 1.165) is 11.0 Å². The van der Waals surface area contributed by atoms with Crippen LogP contribution in [0.5, 0.6) is 0 Å². The first-order chi connectivity index (χ1) is 8.22. The Morgan fingerprint density at radius 1 is 1.18 bits per heavy atom. The fourth-order valence-corrected chi connectivity index (χ4v) is 2.04. The van der Waals surface area contributed by atoms with E-state index in [0.29, 0.717) is 18.8 Å². The number of aliphatic imine (C=N–C) groups is 1. The van der Waals surface area contributed by atoms with Crippen LogP contribution in [-0.4, -0.2) is 15.2 Å². The summed E-state index contributed by atoms with van der Waals surface area (Å²) in [5.74, 6) is 0. The molecule has 0 radical (unpaired) electrons. The zero-order valence-electron chi connectivity index (χ0n) is 9.80. The minimum atomic E-state index is -0.0303. The van der Waals surface area contributed by atoms with Gasteiger partial charge in [0.2, 0.25) is 6.08 Å². The van der Waals surface area contributed by atoms with E-state index >= 15 is 0 Å². The fourth-order valence-electron chi connectivity index (χ4n) is 2.04. The highest BCUT2D eigenvalue weighted by Gasteiger charge is 2.10. The molecule has 0 spiro atoms. The number of imidazole rings is 1. The molecule has 88 valence electrons. The van der Waals surface area contributed by atoms with Crippen molar-refractivity contribution in [1.82, 2.24) is 9.13 Å². The number of aryl methyl sites for hydroxylation is 2. The number of benzene rings is 1. The first-order valence-corrected chi connectivity index (χ1v) is 5.53. The molecule has 0 aliphatic rings. The van der Waals surface area contributed by atoms with Gasteiger partial charge in [-0.1, -0.05) is 0 Å². The van der Waals surface area contributed by atoms with Gasteiger partial charge < -0.3 is 0 Å². The highest BCUT2D eigenvalue weighted by atomic mass is 16.1. The molecule has 5 nitrogen and oxygen atoms in total. The third kappa shape index (κ3) is 1.70. The smallest absolute Gasteiger partial charge is 0.292 e. The Bertz CT molecular complexity index is 660. The lowest BCUT2D eigenvalue weighted by Gasteiger charge is -1.98. The molecule has 1 heterocycles. The van der Waals surface area contributed by atoms with Crippen LogP contribution in [0.3, 0.4) is 0 Å². The summed E-state index contributed by atoms with van der Waals surface area (Å²) in [6.07, 6.45) is 1.50. The number of nitrogens with zero attached hydrogens (tertiary/aromatic N) is 3. The molecule has 0 fully saturated rings. The molecule has 0 aliphatic carbocycles. The van der Waals surface area contributed by atoms with Crippen LogP contribution in [0.15, 0.2) is 28.0 Å². The fraction of sp³-hybridized carbons (Fsp3) is 0.333. The second kappa shape index (κ2) is 4.39. The van der Waals surface area contributed by atoms with E-state index in [2.05, 4.69) is 4.99 Å². The zero-order chi connectivity index (χ0) is 12.4. The van der Waals surface area contributed by atoms with Crippen molar-refractivity contribution in [1.29, 1.82) is 0 Å². The molecular weight excluding hydrogens is 218 g/mol. The van der Waals surface area contributed by atoms with Crippen LogP contribution < -0.4 is 5.69 Å². The number of carbonyl (C=O) groups excluding carboxylic acids is 1. The topological polar surface area (TPSA) is 56.4 Å². The van der Waals surface area contributed by atoms with E-state index in [4.69, 9.17) is 0 Å². The maximum absolute atomic E-state index is 12.0. The number of isocyanates is 1. The highest BCUT2D eigenvalue weighted by molar-refractivity contribution is 5.80. The molecule has 0 unspecified atom stereocenters. The van der Waals surface area contributed by atoms with Crippen LogP contribution >= 0.6 is 0 Å². The summed E-state index contributed by atoms with van der Waals surface area (Å²) < 4.78 is 3.37. The summed E-state index contributed by atoms with van der Waals surface area (Å²) in [7, 11) is 0. The van der Waals surface area contributed by atoms with Gasteiger partial charge in [0.1, 0.15) is 0 Å². The predicted molar refractivity (Wildman–Crippen MR) is 65.3 cm³/mol. The summed E-state index contributed by atoms with van der Waals surface area (Å²) in [5.41, 5.74) is 2.15. The summed E-state index contributed by atoms with van der Waals surface area (Å²) >= 11 is 0. The van der Waals surface area contributed by atoms with E-state index in [1.807, 2.05) is 19.9 Å². The molecule has 2 aromatic rings. The largest absolute Gasteiger partial charge is 0.329 e. The normalized spacial score (nSPS) is 10.5. The van der Waals surface area contributed by atoms with Gasteiger partial charge in [0.05, 0.1) is 16.7 Å². The van der Waals surface area contributed by atoms with Gasteiger partial charge >= 0.3 is 5.69 Å². The molecule has 0 atom stereocenters. The minimum absolute atomic E-state index is 0.0303. The average molecular weight is 231 g/mol. The Morgan fingerprint density at radius 2 is 1.82 bits per heavy atom. The predicted octanol–water partition coefficient (Wildman–Crippen LogP) is 1.81. The summed E-state index contributed by atoms with van der Waals surface area (Å²) in [4.78, 5) is 25.8. The van der Waals surface area contributed by atoms with Crippen LogP contribution in [0.4, 0.5) is 5.69 Å². The van der Waals surface area contributed by atoms with Crippen LogP contribution in [0.2, 0.25) is 0 Å². The van der Waals surface area contributed by atoms with Crippen molar-refractivity contribution in [2.24, 2.45) is 4.99 Å². The Labute approximate surface area is 98.0 Å². The van der Waals surface area contributed by atoms with Gasteiger partial charge in [-0.05, 0) is 32.0 Å². The second-order valence-corrected chi connectivity index (χ2v) is 3.65. The molecule has 0 saturated carbocycles. The quantitative estimate of drug-likeness (QED) is 0.597. The zero-order valence-corrected chi connectivity index (χ0v) is 9.80. The van der Waals surface area contributed by atoms with Crippen molar-refractivity contribution in [3.63, 3.8) is 0 Å². The summed E-state index contributed by atoms with van der Waals surface area (Å²) in [5, 5.41) is 0. The molecule has 0 aliphatic heterocycles. The molecule has 0 bridgehead atoms. The van der Waals surface area contributed by atoms with Gasteiger partial charge in [-0.2, -0.15) is 4.99 Å². The number of hydrogen-bond donors (Lipinski definition) is 0. The lowest BCUT2D eigenvalue weighted by molar-refractivity contribution is 0.565. The van der Waals surface area contributed by atoms with Crippen LogP contribution in [-0.2, 0) is 17.9 Å². The van der Waals surface area contributed by atoms with Crippen molar-refractivity contribution >= 4 is 22.8 Å². The Morgan fingerprint density at radius 3 is 2.41 bits per heavy atom. The van der Waals surface area contributed by atoms with Crippen LogP contribution in [0, 0.1) is 0 Å². The van der Waals surface area contributed by atoms with Gasteiger partial charge in [0.25, 0.3) is 0 Å². The van der Waals surface area contributed by atoms with Gasteiger partial charge in [-0.3, -0.25) is 9.13 Å². The Balaban J connectivity index is 2.85. The minimum Gasteiger partial charge on any atom is -0.292 e. The molecule has 0 saturated heterocycles. The van der Waals surface area contributed by atoms with Crippen molar-refractivity contribution in [2.75, 3.05) is 0 Å².